The second kappa shape index (κ2) is 10.3. The quantitative estimate of drug-likeness (QED) is 0.529. The first kappa shape index (κ1) is 23.8. The lowest BCUT2D eigenvalue weighted by Gasteiger charge is -2.35. The van der Waals surface area contributed by atoms with Crippen LogP contribution in [0.25, 0.3) is 0 Å². The Labute approximate surface area is 201 Å². The van der Waals surface area contributed by atoms with E-state index in [4.69, 9.17) is 4.74 Å². The van der Waals surface area contributed by atoms with Crippen molar-refractivity contribution in [1.29, 1.82) is 0 Å². The van der Waals surface area contributed by atoms with Crippen LogP contribution in [0.1, 0.15) is 5.56 Å². The third-order valence-corrected chi connectivity index (χ3v) is 7.32. The molecule has 0 amide bonds. The Hall–Kier alpha value is -3.30. The van der Waals surface area contributed by atoms with Gasteiger partial charge < -0.3 is 14.5 Å². The summed E-state index contributed by atoms with van der Waals surface area (Å²) >= 11 is 0. The van der Waals surface area contributed by atoms with Gasteiger partial charge in [0.05, 0.1) is 23.9 Å². The molecule has 2 aromatic carbocycles. The van der Waals surface area contributed by atoms with E-state index in [1.807, 2.05) is 20.2 Å². The monoisotopic (exact) mass is 481 g/mol. The van der Waals surface area contributed by atoms with Gasteiger partial charge in [-0.2, -0.15) is 0 Å². The van der Waals surface area contributed by atoms with Gasteiger partial charge in [-0.3, -0.25) is 9.62 Å². The van der Waals surface area contributed by atoms with Gasteiger partial charge in [0.25, 0.3) is 10.0 Å². The molecule has 0 unspecified atom stereocenters. The van der Waals surface area contributed by atoms with E-state index >= 15 is 0 Å². The molecular formula is C25H31N5O3S. The average Bonchev–Trinajstić information content (AvgIpc) is 2.85. The Bertz CT molecular complexity index is 1170. The van der Waals surface area contributed by atoms with Crippen LogP contribution in [0, 0.1) is 0 Å². The van der Waals surface area contributed by atoms with Crippen LogP contribution in [-0.4, -0.2) is 65.7 Å². The molecule has 9 heteroatoms. The first-order valence-electron chi connectivity index (χ1n) is 11.2. The minimum atomic E-state index is -3.69. The van der Waals surface area contributed by atoms with Gasteiger partial charge in [-0.25, -0.2) is 13.4 Å². The van der Waals surface area contributed by atoms with Crippen LogP contribution in [0.4, 0.5) is 17.2 Å². The molecule has 1 aliphatic rings. The maximum absolute atomic E-state index is 12.6. The summed E-state index contributed by atoms with van der Waals surface area (Å²) in [4.78, 5) is 11.4. The number of methoxy groups -OCH3 is 1. The number of ether oxygens (including phenoxy) is 1. The summed E-state index contributed by atoms with van der Waals surface area (Å²) in [6, 6.07) is 18.6. The van der Waals surface area contributed by atoms with Gasteiger partial charge >= 0.3 is 0 Å². The van der Waals surface area contributed by atoms with E-state index in [2.05, 4.69) is 48.7 Å². The van der Waals surface area contributed by atoms with Gasteiger partial charge in [0, 0.05) is 52.5 Å². The Morgan fingerprint density at radius 2 is 1.62 bits per heavy atom. The maximum atomic E-state index is 12.6. The van der Waals surface area contributed by atoms with Gasteiger partial charge in [0.2, 0.25) is 0 Å². The highest BCUT2D eigenvalue weighted by Gasteiger charge is 2.19. The van der Waals surface area contributed by atoms with Crippen molar-refractivity contribution in [2.45, 2.75) is 11.4 Å². The van der Waals surface area contributed by atoms with Crippen molar-refractivity contribution in [2.75, 3.05) is 61.9 Å². The predicted octanol–water partition coefficient (Wildman–Crippen LogP) is 3.28. The van der Waals surface area contributed by atoms with Crippen LogP contribution in [0.3, 0.4) is 0 Å². The molecular weight excluding hydrogens is 450 g/mol. The number of pyridine rings is 1. The molecule has 8 nitrogen and oxygen atoms in total. The molecule has 2 heterocycles. The number of hydrogen-bond donors (Lipinski definition) is 1. The van der Waals surface area contributed by atoms with Crippen molar-refractivity contribution in [1.82, 2.24) is 9.88 Å². The van der Waals surface area contributed by atoms with Crippen LogP contribution in [0.15, 0.2) is 71.8 Å². The molecule has 0 saturated carbocycles. The first-order chi connectivity index (χ1) is 16.3. The van der Waals surface area contributed by atoms with Gasteiger partial charge in [-0.1, -0.05) is 12.1 Å². The summed E-state index contributed by atoms with van der Waals surface area (Å²) in [5.74, 6) is 1.45. The van der Waals surface area contributed by atoms with Crippen molar-refractivity contribution in [3.8, 4) is 5.75 Å². The molecule has 0 atom stereocenters. The summed E-state index contributed by atoms with van der Waals surface area (Å²) in [5, 5.41) is 0. The van der Waals surface area contributed by atoms with Crippen LogP contribution in [-0.2, 0) is 16.6 Å². The van der Waals surface area contributed by atoms with E-state index in [1.165, 1.54) is 23.4 Å². The molecule has 0 aliphatic carbocycles. The molecule has 1 saturated heterocycles. The van der Waals surface area contributed by atoms with E-state index in [1.54, 1.807) is 31.5 Å². The van der Waals surface area contributed by atoms with Crippen molar-refractivity contribution in [2.24, 2.45) is 0 Å². The fourth-order valence-electron chi connectivity index (χ4n) is 3.90. The highest BCUT2D eigenvalue weighted by Crippen LogP contribution is 2.21. The highest BCUT2D eigenvalue weighted by atomic mass is 32.2. The first-order valence-corrected chi connectivity index (χ1v) is 12.7. The molecule has 0 spiro atoms. The Morgan fingerprint density at radius 1 is 0.941 bits per heavy atom. The molecule has 0 radical (unpaired) electrons. The number of nitrogens with zero attached hydrogens (tertiary/aromatic N) is 4. The SMILES string of the molecule is COc1ccc(S(=O)(=O)Nc2ccc(N3CCN(Cc4ccc(N(C)C)cc4)CC3)nc2)cc1. The maximum Gasteiger partial charge on any atom is 0.261 e. The lowest BCUT2D eigenvalue weighted by atomic mass is 10.1. The summed E-state index contributed by atoms with van der Waals surface area (Å²) in [5.41, 5.74) is 2.94. The zero-order chi connectivity index (χ0) is 24.1. The van der Waals surface area contributed by atoms with E-state index in [9.17, 15) is 8.42 Å². The van der Waals surface area contributed by atoms with Gasteiger partial charge in [-0.15, -0.1) is 0 Å². The van der Waals surface area contributed by atoms with E-state index in [0.29, 0.717) is 11.4 Å². The highest BCUT2D eigenvalue weighted by molar-refractivity contribution is 7.92. The smallest absolute Gasteiger partial charge is 0.261 e. The van der Waals surface area contributed by atoms with Crippen LogP contribution in [0.2, 0.25) is 0 Å². The van der Waals surface area contributed by atoms with Crippen molar-refractivity contribution >= 4 is 27.2 Å². The van der Waals surface area contributed by atoms with E-state index in [0.717, 1.165) is 38.5 Å². The third kappa shape index (κ3) is 5.78. The zero-order valence-electron chi connectivity index (χ0n) is 19.8. The van der Waals surface area contributed by atoms with Crippen LogP contribution in [0.5, 0.6) is 5.75 Å². The largest absolute Gasteiger partial charge is 0.497 e. The molecule has 1 fully saturated rings. The lowest BCUT2D eigenvalue weighted by molar-refractivity contribution is 0.249. The van der Waals surface area contributed by atoms with Gasteiger partial charge in [-0.05, 0) is 54.1 Å². The third-order valence-electron chi connectivity index (χ3n) is 5.93. The molecule has 3 aromatic rings. The number of nitrogens with one attached hydrogen (secondary N) is 1. The normalized spacial score (nSPS) is 14.6. The van der Waals surface area contributed by atoms with E-state index in [-0.39, 0.29) is 4.90 Å². The standard InChI is InChI=1S/C25H31N5O3S/c1-28(2)22-7-4-20(5-8-22)19-29-14-16-30(17-15-29)25-13-6-21(18-26-25)27-34(31,32)24-11-9-23(33-3)10-12-24/h4-13,18,27H,14-17,19H2,1-3H3. The van der Waals surface area contributed by atoms with Crippen LogP contribution >= 0.6 is 0 Å². The van der Waals surface area contributed by atoms with E-state index < -0.39 is 10.0 Å². The van der Waals surface area contributed by atoms with Crippen molar-refractivity contribution in [3.05, 3.63) is 72.4 Å². The van der Waals surface area contributed by atoms with Crippen molar-refractivity contribution < 1.29 is 13.2 Å². The molecule has 0 bridgehead atoms. The van der Waals surface area contributed by atoms with Gasteiger partial charge in [0.15, 0.2) is 0 Å². The number of piperazine rings is 1. The molecule has 1 N–H and O–H groups in total. The van der Waals surface area contributed by atoms with Crippen LogP contribution < -0.4 is 19.3 Å². The van der Waals surface area contributed by atoms with Gasteiger partial charge in [0.1, 0.15) is 11.6 Å². The number of anilines is 3. The summed E-state index contributed by atoms with van der Waals surface area (Å²) in [7, 11) is 1.94. The summed E-state index contributed by atoms with van der Waals surface area (Å²) in [6.45, 7) is 4.58. The number of aromatic nitrogens is 1. The molecule has 1 aromatic heterocycles. The molecule has 1 aliphatic heterocycles. The summed E-state index contributed by atoms with van der Waals surface area (Å²) < 4.78 is 32.9. The number of benzene rings is 2. The molecule has 34 heavy (non-hydrogen) atoms. The Morgan fingerprint density at radius 3 is 2.18 bits per heavy atom. The minimum absolute atomic E-state index is 0.171. The fourth-order valence-corrected chi connectivity index (χ4v) is 4.94. The Kier molecular flexibility index (Phi) is 7.23. The Balaban J connectivity index is 1.31. The second-order valence-corrected chi connectivity index (χ2v) is 10.2. The fraction of sp³-hybridized carbons (Fsp3) is 0.320. The number of hydrogen-bond acceptors (Lipinski definition) is 7. The lowest BCUT2D eigenvalue weighted by Crippen LogP contribution is -2.46. The molecule has 4 rings (SSSR count). The predicted molar refractivity (Wildman–Crippen MR) is 136 cm³/mol. The average molecular weight is 482 g/mol. The minimum Gasteiger partial charge on any atom is -0.497 e. The number of rotatable bonds is 8. The zero-order valence-corrected chi connectivity index (χ0v) is 20.6. The second-order valence-electron chi connectivity index (χ2n) is 8.51. The summed E-state index contributed by atoms with van der Waals surface area (Å²) in [6.07, 6.45) is 1.56. The van der Waals surface area contributed by atoms with Crippen molar-refractivity contribution in [3.63, 3.8) is 0 Å². The molecule has 180 valence electrons. The topological polar surface area (TPSA) is 78.0 Å². The number of sulfonamides is 1.